The Morgan fingerprint density at radius 1 is 0.291 bits per heavy atom. The maximum Gasteiger partial charge on any atom is 0.159 e. The van der Waals surface area contributed by atoms with Gasteiger partial charge in [0.05, 0.1) is 11.4 Å². The van der Waals surface area contributed by atoms with Gasteiger partial charge in [-0.2, -0.15) is 0 Å². The second-order valence-electron chi connectivity index (χ2n) is 14.0. The van der Waals surface area contributed by atoms with Gasteiger partial charge in [-0.1, -0.05) is 170 Å². The molecule has 0 spiro atoms. The van der Waals surface area contributed by atoms with Crippen LogP contribution in [-0.4, -0.2) is 0 Å². The lowest BCUT2D eigenvalue weighted by Crippen LogP contribution is -2.11. The van der Waals surface area contributed by atoms with Crippen molar-refractivity contribution in [2.24, 2.45) is 0 Å². The van der Waals surface area contributed by atoms with E-state index in [4.69, 9.17) is 8.83 Å². The van der Waals surface area contributed by atoms with E-state index in [9.17, 15) is 0 Å². The van der Waals surface area contributed by atoms with Crippen LogP contribution in [0.2, 0.25) is 0 Å². The van der Waals surface area contributed by atoms with Gasteiger partial charge >= 0.3 is 0 Å². The van der Waals surface area contributed by atoms with Gasteiger partial charge in [-0.15, -0.1) is 0 Å². The van der Waals surface area contributed by atoms with Crippen molar-refractivity contribution < 1.29 is 8.83 Å². The number of fused-ring (bicyclic) bond motifs is 8. The van der Waals surface area contributed by atoms with E-state index in [2.05, 4.69) is 193 Å². The third-order valence-electron chi connectivity index (χ3n) is 10.9. The third kappa shape index (κ3) is 5.13. The molecule has 3 heteroatoms. The molecule has 0 aliphatic heterocycles. The third-order valence-corrected chi connectivity index (χ3v) is 10.9. The molecule has 0 bridgehead atoms. The first-order chi connectivity index (χ1) is 27.3. The first kappa shape index (κ1) is 31.2. The smallest absolute Gasteiger partial charge is 0.159 e. The summed E-state index contributed by atoms with van der Waals surface area (Å²) >= 11 is 0. The van der Waals surface area contributed by atoms with Gasteiger partial charge in [0.2, 0.25) is 0 Å². The molecule has 0 saturated heterocycles. The summed E-state index contributed by atoms with van der Waals surface area (Å²) in [4.78, 5) is 2.36. The fourth-order valence-electron chi connectivity index (χ4n) is 8.26. The lowest BCUT2D eigenvalue weighted by atomic mass is 9.98. The van der Waals surface area contributed by atoms with E-state index in [-0.39, 0.29) is 0 Å². The number of furan rings is 2. The minimum atomic E-state index is 0.844. The summed E-state index contributed by atoms with van der Waals surface area (Å²) < 4.78 is 13.7. The Hall–Kier alpha value is -7.36. The molecule has 0 atom stereocenters. The first-order valence-corrected chi connectivity index (χ1v) is 18.7. The molecular formula is C52H33NO2. The standard InChI is InChI=1S/C52H33NO2/c1-3-14-34(15-4-1)36-28-30-37(31-29-36)40-23-12-24-45-46-33-48(41-20-7-8-22-43(41)51(46)55-50(40)45)53(39-19-11-18-38(32-39)35-16-5-2-6-17-35)47-26-13-25-44-42-21-9-10-27-49(42)54-52(44)47/h1-33H. The molecule has 11 aromatic rings. The van der Waals surface area contributed by atoms with Crippen molar-refractivity contribution in [3.63, 3.8) is 0 Å². The van der Waals surface area contributed by atoms with Gasteiger partial charge in [-0.3, -0.25) is 0 Å². The average Bonchev–Trinajstić information content (AvgIpc) is 3.84. The van der Waals surface area contributed by atoms with Crippen LogP contribution in [0.3, 0.4) is 0 Å². The zero-order valence-corrected chi connectivity index (χ0v) is 29.8. The van der Waals surface area contributed by atoms with Crippen molar-refractivity contribution >= 4 is 71.7 Å². The number of hydrogen-bond acceptors (Lipinski definition) is 3. The minimum Gasteiger partial charge on any atom is -0.455 e. The van der Waals surface area contributed by atoms with Gasteiger partial charge in [0, 0.05) is 43.6 Å². The van der Waals surface area contributed by atoms with Crippen LogP contribution in [0.25, 0.3) is 88.0 Å². The SMILES string of the molecule is c1ccc(-c2ccc(-c3cccc4c3oc3c5ccccc5c(N(c5cccc(-c6ccccc6)c5)c5cccc6c5oc5ccccc56)cc43)cc2)cc1. The van der Waals surface area contributed by atoms with Gasteiger partial charge < -0.3 is 13.7 Å². The predicted octanol–water partition coefficient (Wildman–Crippen LogP) is 15.1. The van der Waals surface area contributed by atoms with Gasteiger partial charge in [0.15, 0.2) is 5.58 Å². The predicted molar refractivity (Wildman–Crippen MR) is 229 cm³/mol. The van der Waals surface area contributed by atoms with E-state index in [1.54, 1.807) is 0 Å². The summed E-state index contributed by atoms with van der Waals surface area (Å²) in [5.74, 6) is 0. The Balaban J connectivity index is 1.17. The fourth-order valence-corrected chi connectivity index (χ4v) is 8.26. The van der Waals surface area contributed by atoms with Crippen LogP contribution in [0.1, 0.15) is 0 Å². The first-order valence-electron chi connectivity index (χ1n) is 18.7. The van der Waals surface area contributed by atoms with Crippen molar-refractivity contribution in [1.29, 1.82) is 0 Å². The number of benzene rings is 9. The summed E-state index contributed by atoms with van der Waals surface area (Å²) in [5.41, 5.74) is 13.4. The molecule has 0 radical (unpaired) electrons. The monoisotopic (exact) mass is 703 g/mol. The van der Waals surface area contributed by atoms with Crippen LogP contribution in [-0.2, 0) is 0 Å². The number of para-hydroxylation sites is 3. The number of hydrogen-bond donors (Lipinski definition) is 0. The highest BCUT2D eigenvalue weighted by Gasteiger charge is 2.24. The molecule has 11 rings (SSSR count). The zero-order chi connectivity index (χ0) is 36.3. The Labute approximate surface area is 317 Å². The Morgan fingerprint density at radius 3 is 1.62 bits per heavy atom. The Kier molecular flexibility index (Phi) is 7.17. The summed E-state index contributed by atoms with van der Waals surface area (Å²) in [6.45, 7) is 0. The zero-order valence-electron chi connectivity index (χ0n) is 29.8. The molecule has 0 aliphatic carbocycles. The lowest BCUT2D eigenvalue weighted by molar-refractivity contribution is 0.669. The summed E-state index contributed by atoms with van der Waals surface area (Å²) in [5, 5.41) is 6.46. The number of rotatable bonds is 6. The second-order valence-corrected chi connectivity index (χ2v) is 14.0. The highest BCUT2D eigenvalue weighted by molar-refractivity contribution is 6.22. The van der Waals surface area contributed by atoms with Gasteiger partial charge in [0.1, 0.15) is 16.7 Å². The van der Waals surface area contributed by atoms with Gasteiger partial charge in [-0.25, -0.2) is 0 Å². The van der Waals surface area contributed by atoms with E-state index >= 15 is 0 Å². The highest BCUT2D eigenvalue weighted by atomic mass is 16.3. The molecule has 0 unspecified atom stereocenters. The normalized spacial score (nSPS) is 11.6. The molecule has 2 heterocycles. The molecule has 0 fully saturated rings. The molecule has 258 valence electrons. The molecule has 0 saturated carbocycles. The van der Waals surface area contributed by atoms with Crippen LogP contribution < -0.4 is 4.90 Å². The summed E-state index contributed by atoms with van der Waals surface area (Å²) in [7, 11) is 0. The molecule has 0 aliphatic rings. The quantitative estimate of drug-likeness (QED) is 0.173. The fraction of sp³-hybridized carbons (Fsp3) is 0. The van der Waals surface area contributed by atoms with E-state index < -0.39 is 0 Å². The highest BCUT2D eigenvalue weighted by Crippen LogP contribution is 2.48. The maximum absolute atomic E-state index is 6.96. The van der Waals surface area contributed by atoms with Crippen molar-refractivity contribution in [2.45, 2.75) is 0 Å². The molecule has 0 N–H and O–H groups in total. The van der Waals surface area contributed by atoms with E-state index in [0.29, 0.717) is 0 Å². The number of nitrogens with zero attached hydrogens (tertiary/aromatic N) is 1. The number of anilines is 3. The van der Waals surface area contributed by atoms with Crippen molar-refractivity contribution in [1.82, 2.24) is 0 Å². The van der Waals surface area contributed by atoms with Crippen molar-refractivity contribution in [3.8, 4) is 33.4 Å². The lowest BCUT2D eigenvalue weighted by Gasteiger charge is -2.27. The molecule has 3 nitrogen and oxygen atoms in total. The topological polar surface area (TPSA) is 29.5 Å². The second kappa shape index (κ2) is 12.6. The molecular weight excluding hydrogens is 671 g/mol. The van der Waals surface area contributed by atoms with E-state index in [1.165, 1.54) is 11.1 Å². The molecule has 9 aromatic carbocycles. The van der Waals surface area contributed by atoms with Crippen molar-refractivity contribution in [3.05, 3.63) is 200 Å². The van der Waals surface area contributed by atoms with Crippen LogP contribution >= 0.6 is 0 Å². The van der Waals surface area contributed by atoms with Crippen LogP contribution in [0.5, 0.6) is 0 Å². The minimum absolute atomic E-state index is 0.844. The van der Waals surface area contributed by atoms with E-state index in [0.717, 1.165) is 94.0 Å². The van der Waals surface area contributed by atoms with Gasteiger partial charge in [0.25, 0.3) is 0 Å². The molecule has 2 aromatic heterocycles. The van der Waals surface area contributed by atoms with Gasteiger partial charge in [-0.05, 0) is 58.1 Å². The Morgan fingerprint density at radius 2 is 0.836 bits per heavy atom. The largest absolute Gasteiger partial charge is 0.455 e. The molecule has 55 heavy (non-hydrogen) atoms. The van der Waals surface area contributed by atoms with Crippen LogP contribution in [0.4, 0.5) is 17.1 Å². The average molecular weight is 704 g/mol. The summed E-state index contributed by atoms with van der Waals surface area (Å²) in [6.07, 6.45) is 0. The summed E-state index contributed by atoms with van der Waals surface area (Å²) in [6, 6.07) is 70.8. The molecule has 0 amide bonds. The Bertz CT molecular complexity index is 3190. The van der Waals surface area contributed by atoms with E-state index in [1.807, 2.05) is 12.1 Å². The van der Waals surface area contributed by atoms with Crippen LogP contribution in [0, 0.1) is 0 Å². The van der Waals surface area contributed by atoms with Crippen molar-refractivity contribution in [2.75, 3.05) is 4.90 Å². The maximum atomic E-state index is 6.96. The van der Waals surface area contributed by atoms with Crippen LogP contribution in [0.15, 0.2) is 209 Å².